The highest BCUT2D eigenvalue weighted by molar-refractivity contribution is 5.56. The van der Waals surface area contributed by atoms with Gasteiger partial charge in [-0.05, 0) is 38.4 Å². The van der Waals surface area contributed by atoms with Crippen LogP contribution in [0.4, 0.5) is 5.69 Å². The molecule has 3 heteroatoms. The fourth-order valence-electron chi connectivity index (χ4n) is 2.45. The van der Waals surface area contributed by atoms with Gasteiger partial charge in [0.2, 0.25) is 0 Å². The second kappa shape index (κ2) is 5.07. The molecule has 1 fully saturated rings. The number of ether oxygens (including phenoxy) is 1. The van der Waals surface area contributed by atoms with Crippen molar-refractivity contribution in [3.63, 3.8) is 0 Å². The summed E-state index contributed by atoms with van der Waals surface area (Å²) in [6, 6.07) is 8.55. The van der Waals surface area contributed by atoms with Gasteiger partial charge in [0.25, 0.3) is 0 Å². The number of hydrogen-bond acceptors (Lipinski definition) is 3. The van der Waals surface area contributed by atoms with E-state index in [1.807, 2.05) is 0 Å². The Morgan fingerprint density at radius 1 is 1.35 bits per heavy atom. The number of hydrogen-bond donors (Lipinski definition) is 1. The highest BCUT2D eigenvalue weighted by Crippen LogP contribution is 2.29. The van der Waals surface area contributed by atoms with Gasteiger partial charge in [-0.25, -0.2) is 0 Å². The summed E-state index contributed by atoms with van der Waals surface area (Å²) in [5.74, 6) is 0. The SMILES string of the molecule is CC1(C)COCCN1c1ccccc1CCN. The lowest BCUT2D eigenvalue weighted by Crippen LogP contribution is -2.53. The van der Waals surface area contributed by atoms with Crippen LogP contribution in [0.2, 0.25) is 0 Å². The standard InChI is InChI=1S/C14H22N2O/c1-14(2)11-17-10-9-16(14)13-6-4-3-5-12(13)7-8-15/h3-6H,7-11,15H2,1-2H3. The summed E-state index contributed by atoms with van der Waals surface area (Å²) in [6.07, 6.45) is 0.934. The Morgan fingerprint density at radius 2 is 2.12 bits per heavy atom. The maximum absolute atomic E-state index is 5.68. The topological polar surface area (TPSA) is 38.5 Å². The largest absolute Gasteiger partial charge is 0.377 e. The summed E-state index contributed by atoms with van der Waals surface area (Å²) < 4.78 is 5.57. The first-order chi connectivity index (χ1) is 8.15. The van der Waals surface area contributed by atoms with Crippen LogP contribution in [0.3, 0.4) is 0 Å². The molecule has 1 aliphatic heterocycles. The first-order valence-electron chi connectivity index (χ1n) is 6.28. The van der Waals surface area contributed by atoms with Crippen molar-refractivity contribution in [3.05, 3.63) is 29.8 Å². The van der Waals surface area contributed by atoms with E-state index in [1.54, 1.807) is 0 Å². The molecule has 1 heterocycles. The van der Waals surface area contributed by atoms with Gasteiger partial charge in [0.05, 0.1) is 18.8 Å². The number of para-hydroxylation sites is 1. The molecule has 0 aliphatic carbocycles. The van der Waals surface area contributed by atoms with E-state index in [4.69, 9.17) is 10.5 Å². The van der Waals surface area contributed by atoms with Crippen molar-refractivity contribution in [1.29, 1.82) is 0 Å². The summed E-state index contributed by atoms with van der Waals surface area (Å²) in [4.78, 5) is 2.45. The number of nitrogens with zero attached hydrogens (tertiary/aromatic N) is 1. The lowest BCUT2D eigenvalue weighted by Gasteiger charge is -2.44. The van der Waals surface area contributed by atoms with E-state index in [1.165, 1.54) is 11.3 Å². The van der Waals surface area contributed by atoms with Crippen molar-refractivity contribution in [2.75, 3.05) is 31.2 Å². The summed E-state index contributed by atoms with van der Waals surface area (Å²) in [5, 5.41) is 0. The molecule has 3 nitrogen and oxygen atoms in total. The van der Waals surface area contributed by atoms with Crippen molar-refractivity contribution in [2.24, 2.45) is 5.73 Å². The average molecular weight is 234 g/mol. The van der Waals surface area contributed by atoms with Crippen LogP contribution in [0, 0.1) is 0 Å². The predicted octanol–water partition coefficient (Wildman–Crippen LogP) is 1.80. The van der Waals surface area contributed by atoms with Crippen LogP contribution in [0.25, 0.3) is 0 Å². The maximum atomic E-state index is 5.68. The van der Waals surface area contributed by atoms with Crippen molar-refractivity contribution < 1.29 is 4.74 Å². The number of nitrogens with two attached hydrogens (primary N) is 1. The predicted molar refractivity (Wildman–Crippen MR) is 71.4 cm³/mol. The molecule has 2 rings (SSSR count). The van der Waals surface area contributed by atoms with Gasteiger partial charge in [-0.3, -0.25) is 0 Å². The molecule has 0 unspecified atom stereocenters. The fraction of sp³-hybridized carbons (Fsp3) is 0.571. The molecule has 17 heavy (non-hydrogen) atoms. The Balaban J connectivity index is 2.31. The molecule has 0 bridgehead atoms. The molecule has 0 aromatic heterocycles. The molecule has 0 atom stereocenters. The van der Waals surface area contributed by atoms with Gasteiger partial charge in [0.15, 0.2) is 0 Å². The van der Waals surface area contributed by atoms with Gasteiger partial charge in [0, 0.05) is 12.2 Å². The van der Waals surface area contributed by atoms with Crippen molar-refractivity contribution in [2.45, 2.75) is 25.8 Å². The third kappa shape index (κ3) is 2.61. The van der Waals surface area contributed by atoms with Gasteiger partial charge < -0.3 is 15.4 Å². The second-order valence-electron chi connectivity index (χ2n) is 5.18. The molecule has 1 aromatic rings. The third-order valence-corrected chi connectivity index (χ3v) is 3.34. The van der Waals surface area contributed by atoms with Crippen LogP contribution < -0.4 is 10.6 Å². The first kappa shape index (κ1) is 12.4. The molecule has 1 aromatic carbocycles. The van der Waals surface area contributed by atoms with Crippen LogP contribution in [0.1, 0.15) is 19.4 Å². The zero-order chi connectivity index (χ0) is 12.3. The van der Waals surface area contributed by atoms with Crippen LogP contribution in [0.15, 0.2) is 24.3 Å². The molecule has 0 amide bonds. The number of anilines is 1. The molecular formula is C14H22N2O. The summed E-state index contributed by atoms with van der Waals surface area (Å²) in [5.41, 5.74) is 8.39. The zero-order valence-corrected chi connectivity index (χ0v) is 10.8. The number of rotatable bonds is 3. The molecule has 1 saturated heterocycles. The van der Waals surface area contributed by atoms with Crippen molar-refractivity contribution >= 4 is 5.69 Å². The van der Waals surface area contributed by atoms with Crippen LogP contribution in [-0.4, -0.2) is 31.8 Å². The van der Waals surface area contributed by atoms with Gasteiger partial charge >= 0.3 is 0 Å². The Kier molecular flexibility index (Phi) is 3.69. The van der Waals surface area contributed by atoms with Gasteiger partial charge in [-0.15, -0.1) is 0 Å². The Hall–Kier alpha value is -1.06. The summed E-state index contributed by atoms with van der Waals surface area (Å²) in [7, 11) is 0. The number of benzene rings is 1. The Morgan fingerprint density at radius 3 is 2.82 bits per heavy atom. The zero-order valence-electron chi connectivity index (χ0n) is 10.8. The molecule has 0 spiro atoms. The minimum atomic E-state index is 0.0585. The average Bonchev–Trinajstić information content (AvgIpc) is 2.30. The maximum Gasteiger partial charge on any atom is 0.0694 e. The number of morpholine rings is 1. The quantitative estimate of drug-likeness (QED) is 0.866. The lowest BCUT2D eigenvalue weighted by atomic mass is 9.99. The van der Waals surface area contributed by atoms with E-state index < -0.39 is 0 Å². The normalized spacial score (nSPS) is 19.4. The molecule has 0 radical (unpaired) electrons. The van der Waals surface area contributed by atoms with E-state index in [2.05, 4.69) is 43.0 Å². The van der Waals surface area contributed by atoms with Crippen LogP contribution in [-0.2, 0) is 11.2 Å². The fourth-order valence-corrected chi connectivity index (χ4v) is 2.45. The van der Waals surface area contributed by atoms with E-state index in [0.29, 0.717) is 6.54 Å². The van der Waals surface area contributed by atoms with Crippen molar-refractivity contribution in [3.8, 4) is 0 Å². The van der Waals surface area contributed by atoms with E-state index in [0.717, 1.165) is 26.2 Å². The molecule has 1 aliphatic rings. The van der Waals surface area contributed by atoms with E-state index >= 15 is 0 Å². The highest BCUT2D eigenvalue weighted by atomic mass is 16.5. The van der Waals surface area contributed by atoms with Gasteiger partial charge in [-0.2, -0.15) is 0 Å². The molecule has 94 valence electrons. The van der Waals surface area contributed by atoms with Gasteiger partial charge in [0.1, 0.15) is 0 Å². The third-order valence-electron chi connectivity index (χ3n) is 3.34. The van der Waals surface area contributed by atoms with Crippen molar-refractivity contribution in [1.82, 2.24) is 0 Å². The summed E-state index contributed by atoms with van der Waals surface area (Å²) in [6.45, 7) is 7.69. The smallest absolute Gasteiger partial charge is 0.0694 e. The molecule has 2 N–H and O–H groups in total. The monoisotopic (exact) mass is 234 g/mol. The first-order valence-corrected chi connectivity index (χ1v) is 6.28. The summed E-state index contributed by atoms with van der Waals surface area (Å²) >= 11 is 0. The van der Waals surface area contributed by atoms with E-state index in [9.17, 15) is 0 Å². The second-order valence-corrected chi connectivity index (χ2v) is 5.18. The van der Waals surface area contributed by atoms with Gasteiger partial charge in [-0.1, -0.05) is 18.2 Å². The van der Waals surface area contributed by atoms with Crippen LogP contribution in [0.5, 0.6) is 0 Å². The minimum Gasteiger partial charge on any atom is -0.377 e. The molecule has 0 saturated carbocycles. The highest BCUT2D eigenvalue weighted by Gasteiger charge is 2.31. The van der Waals surface area contributed by atoms with E-state index in [-0.39, 0.29) is 5.54 Å². The molecular weight excluding hydrogens is 212 g/mol. The Bertz CT molecular complexity index is 376. The minimum absolute atomic E-state index is 0.0585. The lowest BCUT2D eigenvalue weighted by molar-refractivity contribution is 0.0643. The Labute approximate surface area is 104 Å². The van der Waals surface area contributed by atoms with Crippen LogP contribution >= 0.6 is 0 Å².